The summed E-state index contributed by atoms with van der Waals surface area (Å²) < 4.78 is 4.33. The Morgan fingerprint density at radius 2 is 1.41 bits per heavy atom. The zero-order valence-corrected chi connectivity index (χ0v) is 13.7. The molecule has 22 heavy (non-hydrogen) atoms. The van der Waals surface area contributed by atoms with Crippen LogP contribution < -0.4 is 11.1 Å². The topological polar surface area (TPSA) is 98.5 Å². The van der Waals surface area contributed by atoms with Crippen molar-refractivity contribution >= 4 is 17.8 Å². The van der Waals surface area contributed by atoms with E-state index in [0.717, 1.165) is 19.3 Å². The van der Waals surface area contributed by atoms with Crippen molar-refractivity contribution < 1.29 is 19.1 Å². The van der Waals surface area contributed by atoms with Gasteiger partial charge in [0, 0.05) is 6.42 Å². The molecule has 0 radical (unpaired) electrons. The maximum Gasteiger partial charge on any atom is 0.333 e. The molecule has 0 spiro atoms. The number of rotatable bonds is 13. The number of hydrogen-bond donors (Lipinski definition) is 2. The van der Waals surface area contributed by atoms with Crippen LogP contribution in [0.5, 0.6) is 0 Å². The van der Waals surface area contributed by atoms with E-state index in [2.05, 4.69) is 17.0 Å². The molecular formula is C16H30N2O4. The first-order valence-electron chi connectivity index (χ1n) is 8.30. The molecular weight excluding hydrogens is 284 g/mol. The van der Waals surface area contributed by atoms with Gasteiger partial charge in [0.1, 0.15) is 6.54 Å². The number of esters is 2. The zero-order valence-electron chi connectivity index (χ0n) is 13.7. The number of nitrogens with two attached hydrogens (primary N) is 1. The minimum Gasteiger partial charge on any atom is -0.391 e. The Hall–Kier alpha value is -1.43. The number of hydrogen-bond acceptors (Lipinski definition) is 5. The van der Waals surface area contributed by atoms with E-state index >= 15 is 0 Å². The Morgan fingerprint density at radius 3 is 1.95 bits per heavy atom. The molecule has 0 bridgehead atoms. The standard InChI is InChI=1S/C16H30N2O4/c1-2-3-4-5-6-7-8-9-10-11-14(19)18-13-16(21)22-15(20)12-17/h2-13,17H2,1H3,(H,18,19). The van der Waals surface area contributed by atoms with Crippen molar-refractivity contribution in [1.29, 1.82) is 0 Å². The first-order chi connectivity index (χ1) is 10.6. The molecule has 0 atom stereocenters. The average molecular weight is 314 g/mol. The van der Waals surface area contributed by atoms with E-state index in [9.17, 15) is 14.4 Å². The number of carbonyl (C=O) groups is 3. The van der Waals surface area contributed by atoms with Crippen LogP contribution in [0.2, 0.25) is 0 Å². The third-order valence-corrected chi connectivity index (χ3v) is 3.33. The summed E-state index contributed by atoms with van der Waals surface area (Å²) in [5.74, 6) is -1.77. The highest BCUT2D eigenvalue weighted by atomic mass is 16.6. The fourth-order valence-electron chi connectivity index (χ4n) is 2.06. The van der Waals surface area contributed by atoms with Crippen LogP contribution in [0.3, 0.4) is 0 Å². The van der Waals surface area contributed by atoms with E-state index in [4.69, 9.17) is 5.73 Å². The predicted octanol–water partition coefficient (Wildman–Crippen LogP) is 2.05. The molecule has 0 aromatic rings. The number of amides is 1. The first kappa shape index (κ1) is 20.6. The summed E-state index contributed by atoms with van der Waals surface area (Å²) in [6.07, 6.45) is 11.1. The lowest BCUT2D eigenvalue weighted by atomic mass is 10.1. The fourth-order valence-corrected chi connectivity index (χ4v) is 2.06. The van der Waals surface area contributed by atoms with Crippen molar-refractivity contribution in [3.63, 3.8) is 0 Å². The Morgan fingerprint density at radius 1 is 0.864 bits per heavy atom. The van der Waals surface area contributed by atoms with Crippen LogP contribution >= 0.6 is 0 Å². The molecule has 0 aromatic heterocycles. The third kappa shape index (κ3) is 13.5. The molecule has 0 aromatic carbocycles. The van der Waals surface area contributed by atoms with Gasteiger partial charge >= 0.3 is 11.9 Å². The second-order valence-electron chi connectivity index (χ2n) is 5.41. The third-order valence-electron chi connectivity index (χ3n) is 3.33. The Kier molecular flexibility index (Phi) is 13.6. The first-order valence-corrected chi connectivity index (χ1v) is 8.30. The van der Waals surface area contributed by atoms with E-state index in [1.807, 2.05) is 0 Å². The van der Waals surface area contributed by atoms with Gasteiger partial charge in [-0.05, 0) is 6.42 Å². The minimum absolute atomic E-state index is 0.194. The van der Waals surface area contributed by atoms with Crippen molar-refractivity contribution in [3.05, 3.63) is 0 Å². The van der Waals surface area contributed by atoms with Crippen LogP contribution in [0.1, 0.15) is 71.1 Å². The van der Waals surface area contributed by atoms with Crippen LogP contribution in [-0.4, -0.2) is 30.9 Å². The minimum atomic E-state index is -0.793. The van der Waals surface area contributed by atoms with Gasteiger partial charge in [0.05, 0.1) is 6.54 Å². The van der Waals surface area contributed by atoms with Gasteiger partial charge in [0.25, 0.3) is 0 Å². The van der Waals surface area contributed by atoms with E-state index < -0.39 is 11.9 Å². The van der Waals surface area contributed by atoms with Crippen LogP contribution in [0.15, 0.2) is 0 Å². The molecule has 1 amide bonds. The van der Waals surface area contributed by atoms with Gasteiger partial charge in [-0.3, -0.25) is 9.59 Å². The molecule has 0 rings (SSSR count). The molecule has 6 heteroatoms. The fraction of sp³-hybridized carbons (Fsp3) is 0.812. The molecule has 0 aliphatic carbocycles. The quantitative estimate of drug-likeness (QED) is 0.308. The maximum atomic E-state index is 11.5. The van der Waals surface area contributed by atoms with Crippen LogP contribution in [0.25, 0.3) is 0 Å². The van der Waals surface area contributed by atoms with Gasteiger partial charge in [0.2, 0.25) is 5.91 Å². The highest BCUT2D eigenvalue weighted by Crippen LogP contribution is 2.10. The normalized spacial score (nSPS) is 10.3. The Labute approximate surface area is 133 Å². The monoisotopic (exact) mass is 314 g/mol. The van der Waals surface area contributed by atoms with Gasteiger partial charge in [0.15, 0.2) is 0 Å². The largest absolute Gasteiger partial charge is 0.391 e. The summed E-state index contributed by atoms with van der Waals surface area (Å²) in [6, 6.07) is 0. The number of ether oxygens (including phenoxy) is 1. The van der Waals surface area contributed by atoms with Gasteiger partial charge in [-0.25, -0.2) is 4.79 Å². The van der Waals surface area contributed by atoms with Crippen molar-refractivity contribution in [3.8, 4) is 0 Å². The molecule has 0 fully saturated rings. The lowest BCUT2D eigenvalue weighted by Gasteiger charge is -2.05. The number of unbranched alkanes of at least 4 members (excludes halogenated alkanes) is 8. The predicted molar refractivity (Wildman–Crippen MR) is 85.0 cm³/mol. The summed E-state index contributed by atoms with van der Waals surface area (Å²) in [7, 11) is 0. The summed E-state index contributed by atoms with van der Waals surface area (Å²) in [6.45, 7) is 1.57. The molecule has 0 saturated carbocycles. The molecule has 0 aliphatic heterocycles. The zero-order chi connectivity index (χ0) is 16.6. The Balaban J connectivity index is 3.39. The molecule has 3 N–H and O–H groups in total. The van der Waals surface area contributed by atoms with Crippen molar-refractivity contribution in [1.82, 2.24) is 5.32 Å². The highest BCUT2D eigenvalue weighted by Gasteiger charge is 2.10. The van der Waals surface area contributed by atoms with Crippen molar-refractivity contribution in [2.75, 3.05) is 13.1 Å². The van der Waals surface area contributed by atoms with Gasteiger partial charge in [-0.15, -0.1) is 0 Å². The SMILES string of the molecule is CCCCCCCCCCCC(=O)NCC(=O)OC(=O)CN. The highest BCUT2D eigenvalue weighted by molar-refractivity contribution is 5.89. The van der Waals surface area contributed by atoms with Crippen LogP contribution in [0, 0.1) is 0 Å². The summed E-state index contributed by atoms with van der Waals surface area (Å²) in [5, 5.41) is 2.43. The average Bonchev–Trinajstić information content (AvgIpc) is 2.51. The summed E-state index contributed by atoms with van der Waals surface area (Å²) in [4.78, 5) is 33.3. The van der Waals surface area contributed by atoms with Crippen LogP contribution in [-0.2, 0) is 19.1 Å². The van der Waals surface area contributed by atoms with E-state index in [1.54, 1.807) is 0 Å². The molecule has 0 saturated heterocycles. The molecule has 128 valence electrons. The lowest BCUT2D eigenvalue weighted by molar-refractivity contribution is -0.158. The van der Waals surface area contributed by atoms with Gasteiger partial charge in [-0.2, -0.15) is 0 Å². The van der Waals surface area contributed by atoms with Gasteiger partial charge in [-0.1, -0.05) is 58.3 Å². The number of nitrogens with one attached hydrogen (secondary N) is 1. The summed E-state index contributed by atoms with van der Waals surface area (Å²) >= 11 is 0. The number of carbonyl (C=O) groups excluding carboxylic acids is 3. The van der Waals surface area contributed by atoms with Crippen molar-refractivity contribution in [2.24, 2.45) is 5.73 Å². The van der Waals surface area contributed by atoms with E-state index in [0.29, 0.717) is 6.42 Å². The van der Waals surface area contributed by atoms with Crippen LogP contribution in [0.4, 0.5) is 0 Å². The summed E-state index contributed by atoms with van der Waals surface area (Å²) in [5.41, 5.74) is 5.00. The second-order valence-corrected chi connectivity index (χ2v) is 5.41. The molecule has 0 unspecified atom stereocenters. The molecule has 0 aliphatic rings. The lowest BCUT2D eigenvalue weighted by Crippen LogP contribution is -2.32. The Bertz CT molecular complexity index is 332. The van der Waals surface area contributed by atoms with Crippen molar-refractivity contribution in [2.45, 2.75) is 71.1 Å². The van der Waals surface area contributed by atoms with E-state index in [-0.39, 0.29) is 19.0 Å². The smallest absolute Gasteiger partial charge is 0.333 e. The maximum absolute atomic E-state index is 11.5. The molecule has 6 nitrogen and oxygen atoms in total. The van der Waals surface area contributed by atoms with E-state index in [1.165, 1.54) is 38.5 Å². The van der Waals surface area contributed by atoms with Gasteiger partial charge < -0.3 is 15.8 Å². The second kappa shape index (κ2) is 14.5. The molecule has 0 heterocycles.